The topological polar surface area (TPSA) is 161 Å². The minimum Gasteiger partial charge on any atom is -0.508 e. The number of aromatic hydroxyl groups is 1. The zero-order chi connectivity index (χ0) is 39.6. The second-order valence-electron chi connectivity index (χ2n) is 16.8. The van der Waals surface area contributed by atoms with Gasteiger partial charge in [0.15, 0.2) is 5.79 Å². The number of ether oxygens (including phenoxy) is 4. The zero-order valence-electron chi connectivity index (χ0n) is 32.5. The van der Waals surface area contributed by atoms with Gasteiger partial charge in [-0.05, 0) is 108 Å². The lowest BCUT2D eigenvalue weighted by Crippen LogP contribution is -2.51. The minimum atomic E-state index is -0.796. The van der Waals surface area contributed by atoms with Gasteiger partial charge >= 0.3 is 11.9 Å². The van der Waals surface area contributed by atoms with Crippen LogP contribution in [0.2, 0.25) is 0 Å². The van der Waals surface area contributed by atoms with E-state index >= 15 is 0 Å². The predicted molar refractivity (Wildman–Crippen MR) is 206 cm³/mol. The smallest absolute Gasteiger partial charge is 0.338 e. The lowest BCUT2D eigenvalue weighted by molar-refractivity contribution is -0.209. The summed E-state index contributed by atoms with van der Waals surface area (Å²) in [5.41, 5.74) is 1.82. The molecule has 2 aromatic rings. The van der Waals surface area contributed by atoms with Gasteiger partial charge in [-0.3, -0.25) is 14.4 Å². The number of carbonyl (C=O) groups excluding carboxylic acids is 4. The average Bonchev–Trinajstić information content (AvgIpc) is 4.11. The standard InChI is InChI=1S/C44H54N2O10/c1-43(2,3)55-38(49)22-21-33(26-47)45-40(50)34-11-7-23-46(34)41(51)30-24-36(39-37(25-30)54-44(56-39,31-17-18-31)32-19-20-32)53-42(52)29-15-13-27(14-16-29)8-6-10-28-9-4-5-12-35(28)48/h4-6,8-9,12-16,25,31-34,36-37,39,47-48H,7,10-11,17-24,26H2,1-3H3,(H,45,50). The zero-order valence-corrected chi connectivity index (χ0v) is 32.5. The molecule has 0 bridgehead atoms. The number of para-hydroxylation sites is 1. The summed E-state index contributed by atoms with van der Waals surface area (Å²) >= 11 is 0. The van der Waals surface area contributed by atoms with Crippen molar-refractivity contribution in [2.45, 2.75) is 127 Å². The highest BCUT2D eigenvalue weighted by Gasteiger charge is 2.64. The van der Waals surface area contributed by atoms with Crippen LogP contribution in [0.25, 0.3) is 6.08 Å². The SMILES string of the molecule is CC(C)(C)OC(=O)CCC(CO)NC(=O)C1CCCN1C(=O)C1=CC2OC(C3CC3)(C3CC3)OC2C(OC(=O)c2ccc(C=CCc3ccccc3O)cc2)C1. The Morgan fingerprint density at radius 3 is 2.38 bits per heavy atom. The van der Waals surface area contributed by atoms with Crippen molar-refractivity contribution in [2.75, 3.05) is 13.2 Å². The van der Waals surface area contributed by atoms with Crippen molar-refractivity contribution in [3.63, 3.8) is 0 Å². The summed E-state index contributed by atoms with van der Waals surface area (Å²) < 4.78 is 25.1. The van der Waals surface area contributed by atoms with Crippen molar-refractivity contribution in [1.82, 2.24) is 10.2 Å². The number of hydrogen-bond acceptors (Lipinski definition) is 10. The normalized spacial score (nSPS) is 25.0. The molecule has 0 aromatic heterocycles. The first-order valence-electron chi connectivity index (χ1n) is 20.1. The summed E-state index contributed by atoms with van der Waals surface area (Å²) in [7, 11) is 0. The van der Waals surface area contributed by atoms with E-state index in [4.69, 9.17) is 18.9 Å². The number of benzene rings is 2. The van der Waals surface area contributed by atoms with Crippen molar-refractivity contribution in [2.24, 2.45) is 11.8 Å². The molecule has 12 nitrogen and oxygen atoms in total. The number of allylic oxidation sites excluding steroid dienone is 1. The molecule has 2 aromatic carbocycles. The number of phenolic OH excluding ortho intramolecular Hbond substituents is 1. The first-order valence-corrected chi connectivity index (χ1v) is 20.1. The Balaban J connectivity index is 1.03. The molecule has 300 valence electrons. The number of nitrogens with zero attached hydrogens (tertiary/aromatic N) is 1. The number of fused-ring (bicyclic) bond motifs is 1. The molecule has 5 unspecified atom stereocenters. The third kappa shape index (κ3) is 9.19. The number of aliphatic hydroxyl groups is 1. The lowest BCUT2D eigenvalue weighted by Gasteiger charge is -2.33. The number of hydrogen-bond donors (Lipinski definition) is 3. The van der Waals surface area contributed by atoms with E-state index in [1.54, 1.807) is 49.9 Å². The van der Waals surface area contributed by atoms with Crippen LogP contribution in [0.3, 0.4) is 0 Å². The molecule has 3 N–H and O–H groups in total. The highest BCUT2D eigenvalue weighted by atomic mass is 16.8. The van der Waals surface area contributed by atoms with Gasteiger partial charge in [0.05, 0.1) is 18.2 Å². The maximum Gasteiger partial charge on any atom is 0.338 e. The maximum absolute atomic E-state index is 14.3. The van der Waals surface area contributed by atoms with E-state index in [0.29, 0.717) is 36.9 Å². The lowest BCUT2D eigenvalue weighted by atomic mass is 9.91. The molecule has 2 heterocycles. The van der Waals surface area contributed by atoms with Crippen LogP contribution in [0, 0.1) is 11.8 Å². The third-order valence-corrected chi connectivity index (χ3v) is 11.2. The summed E-state index contributed by atoms with van der Waals surface area (Å²) in [5.74, 6) is -1.66. The summed E-state index contributed by atoms with van der Waals surface area (Å²) in [6.07, 6.45) is 9.66. The molecular formula is C44H54N2O10. The highest BCUT2D eigenvalue weighted by molar-refractivity contribution is 5.98. The van der Waals surface area contributed by atoms with Crippen molar-refractivity contribution < 1.29 is 48.3 Å². The molecule has 4 fully saturated rings. The number of aliphatic hydroxyl groups excluding tert-OH is 1. The Kier molecular flexibility index (Phi) is 11.7. The largest absolute Gasteiger partial charge is 0.508 e. The molecule has 56 heavy (non-hydrogen) atoms. The fraction of sp³-hybridized carbons (Fsp3) is 0.545. The van der Waals surface area contributed by atoms with E-state index in [1.807, 2.05) is 42.5 Å². The fourth-order valence-corrected chi connectivity index (χ4v) is 8.16. The summed E-state index contributed by atoms with van der Waals surface area (Å²) in [6, 6.07) is 12.8. The number of esters is 2. The number of phenols is 1. The Morgan fingerprint density at radius 2 is 1.71 bits per heavy atom. The van der Waals surface area contributed by atoms with Crippen molar-refractivity contribution in [3.8, 4) is 5.75 Å². The maximum atomic E-state index is 14.3. The first-order chi connectivity index (χ1) is 26.8. The summed E-state index contributed by atoms with van der Waals surface area (Å²) in [4.78, 5) is 55.4. The van der Waals surface area contributed by atoms with Gasteiger partial charge < -0.3 is 39.4 Å². The van der Waals surface area contributed by atoms with Gasteiger partial charge in [0.25, 0.3) is 0 Å². The molecular weight excluding hydrogens is 716 g/mol. The van der Waals surface area contributed by atoms with Gasteiger partial charge in [-0.2, -0.15) is 0 Å². The van der Waals surface area contributed by atoms with Crippen LogP contribution >= 0.6 is 0 Å². The van der Waals surface area contributed by atoms with E-state index in [2.05, 4.69) is 5.32 Å². The molecule has 0 spiro atoms. The predicted octanol–water partition coefficient (Wildman–Crippen LogP) is 5.39. The van der Waals surface area contributed by atoms with Crippen molar-refractivity contribution >= 4 is 29.8 Å². The van der Waals surface area contributed by atoms with Gasteiger partial charge in [-0.1, -0.05) is 42.5 Å². The molecule has 5 atom stereocenters. The van der Waals surface area contributed by atoms with E-state index in [0.717, 1.165) is 36.8 Å². The van der Waals surface area contributed by atoms with Gasteiger partial charge in [0, 0.05) is 36.8 Å². The second-order valence-corrected chi connectivity index (χ2v) is 16.8. The summed E-state index contributed by atoms with van der Waals surface area (Å²) in [5, 5.41) is 22.9. The molecule has 2 amide bonds. The highest BCUT2D eigenvalue weighted by Crippen LogP contribution is 2.59. The molecule has 12 heteroatoms. The summed E-state index contributed by atoms with van der Waals surface area (Å²) in [6.45, 7) is 5.33. The van der Waals surface area contributed by atoms with Crippen LogP contribution in [-0.4, -0.2) is 93.8 Å². The number of rotatable bonds is 14. The molecule has 2 saturated heterocycles. The van der Waals surface area contributed by atoms with Gasteiger partial charge in [0.1, 0.15) is 35.7 Å². The Labute approximate surface area is 328 Å². The fourth-order valence-electron chi connectivity index (χ4n) is 8.16. The molecule has 3 aliphatic carbocycles. The van der Waals surface area contributed by atoms with E-state index in [-0.39, 0.29) is 49.4 Å². The molecule has 2 aliphatic heterocycles. The Bertz CT molecular complexity index is 1830. The number of likely N-dealkylation sites (tertiary alicyclic amines) is 1. The third-order valence-electron chi connectivity index (χ3n) is 11.2. The van der Waals surface area contributed by atoms with E-state index in [1.165, 1.54) is 0 Å². The van der Waals surface area contributed by atoms with Crippen LogP contribution in [0.15, 0.2) is 66.3 Å². The van der Waals surface area contributed by atoms with Crippen molar-refractivity contribution in [3.05, 3.63) is 82.9 Å². The first kappa shape index (κ1) is 39.7. The van der Waals surface area contributed by atoms with Crippen LogP contribution in [-0.2, 0) is 39.8 Å². The second kappa shape index (κ2) is 16.5. The van der Waals surface area contributed by atoms with Crippen LogP contribution in [0.4, 0.5) is 0 Å². The monoisotopic (exact) mass is 770 g/mol. The van der Waals surface area contributed by atoms with Gasteiger partial charge in [-0.15, -0.1) is 0 Å². The van der Waals surface area contributed by atoms with Crippen LogP contribution in [0.1, 0.15) is 100 Å². The van der Waals surface area contributed by atoms with Crippen LogP contribution < -0.4 is 5.32 Å². The van der Waals surface area contributed by atoms with E-state index in [9.17, 15) is 29.4 Å². The molecule has 2 saturated carbocycles. The van der Waals surface area contributed by atoms with E-state index < -0.39 is 59.6 Å². The number of amides is 2. The Hall–Kier alpha value is -4.52. The van der Waals surface area contributed by atoms with Crippen LogP contribution in [0.5, 0.6) is 5.75 Å². The molecule has 5 aliphatic rings. The molecule has 7 rings (SSSR count). The number of carbonyl (C=O) groups is 4. The number of nitrogens with one attached hydrogen (secondary N) is 1. The van der Waals surface area contributed by atoms with Crippen molar-refractivity contribution in [1.29, 1.82) is 0 Å². The average molecular weight is 771 g/mol. The quantitative estimate of drug-likeness (QED) is 0.213. The minimum absolute atomic E-state index is 0.0268. The molecule has 0 radical (unpaired) electrons. The Morgan fingerprint density at radius 1 is 1.00 bits per heavy atom. The van der Waals surface area contributed by atoms with Gasteiger partial charge in [-0.25, -0.2) is 4.79 Å². The van der Waals surface area contributed by atoms with Gasteiger partial charge in [0.2, 0.25) is 11.8 Å².